The molecule has 0 bridgehead atoms. The molecule has 0 N–H and O–H groups in total. The highest BCUT2D eigenvalue weighted by atomic mass is 32.2. The third kappa shape index (κ3) is 5.07. The van der Waals surface area contributed by atoms with E-state index in [0.29, 0.717) is 42.4 Å². The van der Waals surface area contributed by atoms with Crippen LogP contribution in [-0.2, 0) is 27.1 Å². The van der Waals surface area contributed by atoms with Crippen molar-refractivity contribution in [1.29, 1.82) is 0 Å². The van der Waals surface area contributed by atoms with Crippen LogP contribution in [0.25, 0.3) is 11.0 Å². The van der Waals surface area contributed by atoms with Gasteiger partial charge in [-0.25, -0.2) is 31.0 Å². The van der Waals surface area contributed by atoms with Crippen LogP contribution in [-0.4, -0.2) is 48.1 Å². The maximum absolute atomic E-state index is 14.2. The lowest BCUT2D eigenvalue weighted by Crippen LogP contribution is -2.30. The number of fused-ring (bicyclic) bond motifs is 1. The summed E-state index contributed by atoms with van der Waals surface area (Å²) < 4.78 is 90.5. The minimum absolute atomic E-state index is 0.0799. The molecule has 1 aliphatic heterocycles. The van der Waals surface area contributed by atoms with Crippen LogP contribution in [0.2, 0.25) is 0 Å². The number of rotatable bonds is 9. The number of imidazole rings is 1. The standard InChI is InChI=1S/C23H25F4N3O3S2/c1-3-29(4-2)35(31,32)15-7-8-20-19(10-15)28-23(30(20)12-14-6-5-9-33-14)34-13-16-21(26)17(24)11-18(25)22(16)27/h7-8,10-11,14H,3-6,9,12-13H2,1-2H3/t14-/m0/s1. The molecule has 0 aliphatic carbocycles. The molecule has 1 saturated heterocycles. The molecule has 2 heterocycles. The molecule has 12 heteroatoms. The SMILES string of the molecule is CCN(CC)S(=O)(=O)c1ccc2c(c1)nc(SCc1c(F)c(F)cc(F)c1F)n2C[C@@H]1CCCO1. The van der Waals surface area contributed by atoms with Crippen LogP contribution in [0.15, 0.2) is 34.3 Å². The molecule has 0 radical (unpaired) electrons. The minimum atomic E-state index is -3.72. The minimum Gasteiger partial charge on any atom is -0.376 e. The van der Waals surface area contributed by atoms with E-state index in [4.69, 9.17) is 4.74 Å². The Bertz CT molecular complexity index is 1310. The molecular weight excluding hydrogens is 506 g/mol. The lowest BCUT2D eigenvalue weighted by atomic mass is 10.2. The third-order valence-corrected chi connectivity index (χ3v) is 9.04. The summed E-state index contributed by atoms with van der Waals surface area (Å²) >= 11 is 0.907. The van der Waals surface area contributed by atoms with Crippen LogP contribution in [0.3, 0.4) is 0 Å². The van der Waals surface area contributed by atoms with E-state index in [9.17, 15) is 26.0 Å². The molecule has 1 atom stereocenters. The van der Waals surface area contributed by atoms with Crippen molar-refractivity contribution in [3.63, 3.8) is 0 Å². The zero-order valence-corrected chi connectivity index (χ0v) is 20.9. The van der Waals surface area contributed by atoms with Crippen molar-refractivity contribution in [2.24, 2.45) is 0 Å². The Hall–Kier alpha value is -2.15. The number of hydrogen-bond acceptors (Lipinski definition) is 5. The van der Waals surface area contributed by atoms with E-state index in [1.165, 1.54) is 16.4 Å². The van der Waals surface area contributed by atoms with E-state index in [1.54, 1.807) is 24.5 Å². The Morgan fingerprint density at radius 1 is 1.11 bits per heavy atom. The van der Waals surface area contributed by atoms with Crippen LogP contribution in [0.1, 0.15) is 32.3 Å². The summed E-state index contributed by atoms with van der Waals surface area (Å²) in [5.41, 5.74) is 0.269. The van der Waals surface area contributed by atoms with Gasteiger partial charge in [0.25, 0.3) is 0 Å². The van der Waals surface area contributed by atoms with E-state index >= 15 is 0 Å². The summed E-state index contributed by atoms with van der Waals surface area (Å²) in [6.45, 7) is 5.13. The number of nitrogens with zero attached hydrogens (tertiary/aromatic N) is 3. The lowest BCUT2D eigenvalue weighted by molar-refractivity contribution is 0.0960. The fourth-order valence-corrected chi connectivity index (χ4v) is 6.62. The van der Waals surface area contributed by atoms with Crippen LogP contribution >= 0.6 is 11.8 Å². The summed E-state index contributed by atoms with van der Waals surface area (Å²) in [6, 6.07) is 4.77. The Balaban J connectivity index is 1.74. The van der Waals surface area contributed by atoms with Gasteiger partial charge in [-0.05, 0) is 31.0 Å². The van der Waals surface area contributed by atoms with E-state index in [2.05, 4.69) is 4.98 Å². The van der Waals surface area contributed by atoms with Crippen molar-refractivity contribution in [1.82, 2.24) is 13.9 Å². The molecule has 1 fully saturated rings. The van der Waals surface area contributed by atoms with Crippen molar-refractivity contribution in [2.75, 3.05) is 19.7 Å². The highest BCUT2D eigenvalue weighted by molar-refractivity contribution is 7.98. The van der Waals surface area contributed by atoms with E-state index in [1.807, 2.05) is 0 Å². The molecule has 2 aromatic carbocycles. The van der Waals surface area contributed by atoms with E-state index in [0.717, 1.165) is 24.6 Å². The largest absolute Gasteiger partial charge is 0.376 e. The van der Waals surface area contributed by atoms with Gasteiger partial charge in [-0.1, -0.05) is 25.6 Å². The number of hydrogen-bond donors (Lipinski definition) is 0. The maximum Gasteiger partial charge on any atom is 0.243 e. The molecule has 0 saturated carbocycles. The fourth-order valence-electron chi connectivity index (χ4n) is 4.13. The number of aromatic nitrogens is 2. The smallest absolute Gasteiger partial charge is 0.243 e. The van der Waals surface area contributed by atoms with Gasteiger partial charge in [0.15, 0.2) is 28.4 Å². The molecular formula is C23H25F4N3O3S2. The molecule has 0 amide bonds. The summed E-state index contributed by atoms with van der Waals surface area (Å²) in [7, 11) is -3.72. The summed E-state index contributed by atoms with van der Waals surface area (Å²) in [4.78, 5) is 4.59. The Morgan fingerprint density at radius 3 is 2.40 bits per heavy atom. The first-order chi connectivity index (χ1) is 16.7. The number of sulfonamides is 1. The van der Waals surface area contributed by atoms with Crippen molar-refractivity contribution in [3.05, 3.63) is 53.1 Å². The lowest BCUT2D eigenvalue weighted by Gasteiger charge is -2.18. The fraction of sp³-hybridized carbons (Fsp3) is 0.435. The molecule has 35 heavy (non-hydrogen) atoms. The van der Waals surface area contributed by atoms with Crippen LogP contribution < -0.4 is 0 Å². The highest BCUT2D eigenvalue weighted by Gasteiger charge is 2.26. The van der Waals surface area contributed by atoms with Gasteiger partial charge in [-0.15, -0.1) is 0 Å². The van der Waals surface area contributed by atoms with Gasteiger partial charge in [0.2, 0.25) is 10.0 Å². The quantitative estimate of drug-likeness (QED) is 0.219. The average molecular weight is 532 g/mol. The number of benzene rings is 2. The predicted octanol–water partition coefficient (Wildman–Crippen LogP) is 5.09. The summed E-state index contributed by atoms with van der Waals surface area (Å²) in [5.74, 6) is -6.26. The Morgan fingerprint density at radius 2 is 1.80 bits per heavy atom. The molecule has 0 spiro atoms. The van der Waals surface area contributed by atoms with Crippen molar-refractivity contribution >= 4 is 32.8 Å². The summed E-state index contributed by atoms with van der Waals surface area (Å²) in [5, 5.41) is 0.330. The molecule has 0 unspecified atom stereocenters. The first kappa shape index (κ1) is 25.9. The third-order valence-electron chi connectivity index (χ3n) is 5.99. The highest BCUT2D eigenvalue weighted by Crippen LogP contribution is 2.32. The molecule has 190 valence electrons. The van der Waals surface area contributed by atoms with Gasteiger partial charge in [0, 0.05) is 37.1 Å². The predicted molar refractivity (Wildman–Crippen MR) is 125 cm³/mol. The maximum atomic E-state index is 14.2. The van der Waals surface area contributed by atoms with Crippen molar-refractivity contribution < 1.29 is 30.7 Å². The van der Waals surface area contributed by atoms with Gasteiger partial charge in [-0.2, -0.15) is 4.31 Å². The second-order valence-corrected chi connectivity index (χ2v) is 11.0. The molecule has 4 rings (SSSR count). The Kier molecular flexibility index (Phi) is 7.74. The number of ether oxygens (including phenoxy) is 1. The first-order valence-electron chi connectivity index (χ1n) is 11.2. The second kappa shape index (κ2) is 10.5. The van der Waals surface area contributed by atoms with Gasteiger partial charge in [0.1, 0.15) is 0 Å². The monoisotopic (exact) mass is 531 g/mol. The van der Waals surface area contributed by atoms with Crippen LogP contribution in [0.4, 0.5) is 17.6 Å². The summed E-state index contributed by atoms with van der Waals surface area (Å²) in [6.07, 6.45) is 1.60. The van der Waals surface area contributed by atoms with E-state index < -0.39 is 44.6 Å². The van der Waals surface area contributed by atoms with E-state index in [-0.39, 0.29) is 17.1 Å². The number of halogens is 4. The van der Waals surface area contributed by atoms with Crippen molar-refractivity contribution in [3.8, 4) is 0 Å². The first-order valence-corrected chi connectivity index (χ1v) is 13.7. The van der Waals surface area contributed by atoms with Crippen molar-refractivity contribution in [2.45, 2.75) is 55.1 Å². The molecule has 6 nitrogen and oxygen atoms in total. The zero-order valence-electron chi connectivity index (χ0n) is 19.2. The number of thioether (sulfide) groups is 1. The second-order valence-electron chi connectivity index (χ2n) is 8.12. The van der Waals surface area contributed by atoms with Gasteiger partial charge in [-0.3, -0.25) is 0 Å². The van der Waals surface area contributed by atoms with Gasteiger partial charge >= 0.3 is 0 Å². The van der Waals surface area contributed by atoms with Crippen LogP contribution in [0.5, 0.6) is 0 Å². The van der Waals surface area contributed by atoms with Crippen LogP contribution in [0, 0.1) is 23.3 Å². The zero-order chi connectivity index (χ0) is 25.3. The average Bonchev–Trinajstić information content (AvgIpc) is 3.46. The normalized spacial score (nSPS) is 16.6. The molecule has 1 aliphatic rings. The van der Waals surface area contributed by atoms with Gasteiger partial charge in [0.05, 0.1) is 28.6 Å². The molecule has 3 aromatic rings. The van der Waals surface area contributed by atoms with Gasteiger partial charge < -0.3 is 9.30 Å². The topological polar surface area (TPSA) is 64.4 Å². The Labute approximate surface area is 205 Å². The molecule has 1 aromatic heterocycles.